The van der Waals surface area contributed by atoms with Crippen LogP contribution in [-0.2, 0) is 10.0 Å². The van der Waals surface area contributed by atoms with Crippen LogP contribution < -0.4 is 15.8 Å². The highest BCUT2D eigenvalue weighted by Crippen LogP contribution is 2.28. The van der Waals surface area contributed by atoms with Crippen LogP contribution in [0.15, 0.2) is 17.0 Å². The molecular formula is C11H19N3O2S. The van der Waals surface area contributed by atoms with Gasteiger partial charge in [-0.1, -0.05) is 6.92 Å². The van der Waals surface area contributed by atoms with Crippen molar-refractivity contribution in [2.75, 3.05) is 24.2 Å². The number of primary sulfonamides is 1. The van der Waals surface area contributed by atoms with E-state index in [1.165, 1.54) is 6.07 Å². The third-order valence-electron chi connectivity index (χ3n) is 2.63. The lowest BCUT2D eigenvalue weighted by atomic mass is 10.1. The second-order valence-corrected chi connectivity index (χ2v) is 5.66. The van der Waals surface area contributed by atoms with E-state index in [0.717, 1.165) is 18.7 Å². The van der Waals surface area contributed by atoms with Gasteiger partial charge in [0.1, 0.15) is 0 Å². The summed E-state index contributed by atoms with van der Waals surface area (Å²) in [7, 11) is -1.83. The van der Waals surface area contributed by atoms with E-state index >= 15 is 0 Å². The van der Waals surface area contributed by atoms with E-state index in [1.807, 2.05) is 11.9 Å². The van der Waals surface area contributed by atoms with Crippen LogP contribution in [0.5, 0.6) is 0 Å². The zero-order valence-electron chi connectivity index (χ0n) is 10.4. The average Bonchev–Trinajstić information content (AvgIpc) is 2.19. The van der Waals surface area contributed by atoms with Crippen LogP contribution in [0.25, 0.3) is 0 Å². The first-order chi connectivity index (χ1) is 7.77. The van der Waals surface area contributed by atoms with Crippen molar-refractivity contribution < 1.29 is 8.42 Å². The molecule has 17 heavy (non-hydrogen) atoms. The minimum absolute atomic E-state index is 0.0930. The molecule has 1 aromatic carbocycles. The van der Waals surface area contributed by atoms with E-state index in [-0.39, 0.29) is 4.90 Å². The third kappa shape index (κ3) is 3.10. The Balaban J connectivity index is 3.39. The molecular weight excluding hydrogens is 238 g/mol. The van der Waals surface area contributed by atoms with Gasteiger partial charge in [-0.15, -0.1) is 0 Å². The highest BCUT2D eigenvalue weighted by Gasteiger charge is 2.17. The maximum atomic E-state index is 11.4. The largest absolute Gasteiger partial charge is 0.399 e. The predicted octanol–water partition coefficient (Wildman–Crippen LogP) is 1.07. The third-order valence-corrected chi connectivity index (χ3v) is 3.67. The number of nitrogen functional groups attached to an aromatic ring is 1. The molecule has 4 N–H and O–H groups in total. The Hall–Kier alpha value is -1.27. The molecule has 0 aliphatic rings. The first-order valence-electron chi connectivity index (χ1n) is 5.41. The van der Waals surface area contributed by atoms with Crippen molar-refractivity contribution in [2.24, 2.45) is 5.14 Å². The predicted molar refractivity (Wildman–Crippen MR) is 70.5 cm³/mol. The smallest absolute Gasteiger partial charge is 0.238 e. The molecule has 1 rings (SSSR count). The van der Waals surface area contributed by atoms with Crippen molar-refractivity contribution in [3.05, 3.63) is 17.7 Å². The van der Waals surface area contributed by atoms with Crippen LogP contribution >= 0.6 is 0 Å². The second kappa shape index (κ2) is 4.93. The molecule has 0 heterocycles. The summed E-state index contributed by atoms with van der Waals surface area (Å²) in [5.41, 5.74) is 7.55. The van der Waals surface area contributed by atoms with Crippen LogP contribution in [0.4, 0.5) is 11.4 Å². The zero-order chi connectivity index (χ0) is 13.2. The summed E-state index contributed by atoms with van der Waals surface area (Å²) in [5.74, 6) is 0. The van der Waals surface area contributed by atoms with Gasteiger partial charge in [0.15, 0.2) is 0 Å². The number of hydrogen-bond acceptors (Lipinski definition) is 4. The SMILES string of the molecule is CCCN(C)c1cc(N)cc(S(N)(=O)=O)c1C. The van der Waals surface area contributed by atoms with Crippen molar-refractivity contribution in [3.63, 3.8) is 0 Å². The lowest BCUT2D eigenvalue weighted by Crippen LogP contribution is -2.21. The van der Waals surface area contributed by atoms with Gasteiger partial charge in [-0.3, -0.25) is 0 Å². The van der Waals surface area contributed by atoms with E-state index in [9.17, 15) is 8.42 Å². The summed E-state index contributed by atoms with van der Waals surface area (Å²) >= 11 is 0. The Morgan fingerprint density at radius 3 is 2.41 bits per heavy atom. The monoisotopic (exact) mass is 257 g/mol. The fourth-order valence-electron chi connectivity index (χ4n) is 1.84. The van der Waals surface area contributed by atoms with Crippen LogP contribution in [-0.4, -0.2) is 22.0 Å². The molecule has 6 heteroatoms. The molecule has 0 radical (unpaired) electrons. The van der Waals surface area contributed by atoms with Crippen molar-refractivity contribution in [2.45, 2.75) is 25.2 Å². The van der Waals surface area contributed by atoms with Crippen LogP contribution in [0, 0.1) is 6.92 Å². The Kier molecular flexibility index (Phi) is 4.00. The Morgan fingerprint density at radius 1 is 1.35 bits per heavy atom. The van der Waals surface area contributed by atoms with Gasteiger partial charge >= 0.3 is 0 Å². The van der Waals surface area contributed by atoms with Gasteiger partial charge in [0.25, 0.3) is 0 Å². The minimum atomic E-state index is -3.73. The molecule has 0 amide bonds. The van der Waals surface area contributed by atoms with Gasteiger partial charge < -0.3 is 10.6 Å². The molecule has 0 aromatic heterocycles. The number of anilines is 2. The number of nitrogens with two attached hydrogens (primary N) is 2. The van der Waals surface area contributed by atoms with Crippen LogP contribution in [0.1, 0.15) is 18.9 Å². The van der Waals surface area contributed by atoms with Crippen molar-refractivity contribution in [3.8, 4) is 0 Å². The number of rotatable bonds is 4. The van der Waals surface area contributed by atoms with Gasteiger partial charge in [0.05, 0.1) is 4.90 Å². The molecule has 5 nitrogen and oxygen atoms in total. The molecule has 0 fully saturated rings. The normalized spacial score (nSPS) is 11.5. The van der Waals surface area contributed by atoms with E-state index < -0.39 is 10.0 Å². The summed E-state index contributed by atoms with van der Waals surface area (Å²) in [6.45, 7) is 4.62. The van der Waals surface area contributed by atoms with Crippen molar-refractivity contribution in [1.29, 1.82) is 0 Å². The molecule has 0 spiro atoms. The maximum Gasteiger partial charge on any atom is 0.238 e. The summed E-state index contributed by atoms with van der Waals surface area (Å²) < 4.78 is 22.9. The van der Waals surface area contributed by atoms with E-state index in [1.54, 1.807) is 13.0 Å². The molecule has 0 atom stereocenters. The second-order valence-electron chi connectivity index (χ2n) is 4.13. The summed E-state index contributed by atoms with van der Waals surface area (Å²) in [6, 6.07) is 3.16. The molecule has 0 unspecified atom stereocenters. The Morgan fingerprint density at radius 2 is 1.94 bits per heavy atom. The molecule has 0 bridgehead atoms. The quantitative estimate of drug-likeness (QED) is 0.790. The lowest BCUT2D eigenvalue weighted by molar-refractivity contribution is 0.597. The summed E-state index contributed by atoms with van der Waals surface area (Å²) in [5, 5.41) is 5.17. The highest BCUT2D eigenvalue weighted by atomic mass is 32.2. The number of benzene rings is 1. The molecule has 96 valence electrons. The van der Waals surface area contributed by atoms with Gasteiger partial charge in [-0.05, 0) is 31.0 Å². The van der Waals surface area contributed by atoms with Gasteiger partial charge in [-0.25, -0.2) is 13.6 Å². The van der Waals surface area contributed by atoms with Crippen molar-refractivity contribution >= 4 is 21.4 Å². The van der Waals surface area contributed by atoms with E-state index in [0.29, 0.717) is 11.3 Å². The van der Waals surface area contributed by atoms with E-state index in [4.69, 9.17) is 10.9 Å². The van der Waals surface area contributed by atoms with Crippen molar-refractivity contribution in [1.82, 2.24) is 0 Å². The Labute approximate surface area is 102 Å². The fourth-order valence-corrected chi connectivity index (χ4v) is 2.67. The summed E-state index contributed by atoms with van der Waals surface area (Å²) in [4.78, 5) is 2.07. The highest BCUT2D eigenvalue weighted by molar-refractivity contribution is 7.89. The first-order valence-corrected chi connectivity index (χ1v) is 6.96. The average molecular weight is 257 g/mol. The lowest BCUT2D eigenvalue weighted by Gasteiger charge is -2.22. The number of nitrogens with zero attached hydrogens (tertiary/aromatic N) is 1. The minimum Gasteiger partial charge on any atom is -0.399 e. The first kappa shape index (κ1) is 13.8. The number of sulfonamides is 1. The number of hydrogen-bond donors (Lipinski definition) is 2. The van der Waals surface area contributed by atoms with Gasteiger partial charge in [-0.2, -0.15) is 0 Å². The van der Waals surface area contributed by atoms with Crippen LogP contribution in [0.3, 0.4) is 0 Å². The molecule has 0 aliphatic carbocycles. The Bertz CT molecular complexity index is 512. The topological polar surface area (TPSA) is 89.4 Å². The van der Waals surface area contributed by atoms with Gasteiger partial charge in [0, 0.05) is 25.0 Å². The fraction of sp³-hybridized carbons (Fsp3) is 0.455. The van der Waals surface area contributed by atoms with Crippen LogP contribution in [0.2, 0.25) is 0 Å². The molecule has 0 saturated heterocycles. The standard InChI is InChI=1S/C11H19N3O2S/c1-4-5-14(3)10-6-9(12)7-11(8(10)2)17(13,15)16/h6-7H,4-5,12H2,1-3H3,(H2,13,15,16). The molecule has 1 aromatic rings. The molecule has 0 aliphatic heterocycles. The maximum absolute atomic E-state index is 11.4. The van der Waals surface area contributed by atoms with E-state index in [2.05, 4.69) is 6.92 Å². The summed E-state index contributed by atoms with van der Waals surface area (Å²) in [6.07, 6.45) is 0.968. The van der Waals surface area contributed by atoms with Gasteiger partial charge in [0.2, 0.25) is 10.0 Å². The zero-order valence-corrected chi connectivity index (χ0v) is 11.2. The molecule has 0 saturated carbocycles.